The minimum atomic E-state index is -0.285. The van der Waals surface area contributed by atoms with Crippen molar-refractivity contribution >= 4 is 17.7 Å². The number of piperidine rings is 1. The molecule has 0 aliphatic carbocycles. The molecular weight excluding hydrogens is 339 g/mol. The van der Waals surface area contributed by atoms with Crippen molar-refractivity contribution in [2.24, 2.45) is 5.92 Å². The molecule has 1 aliphatic rings. The maximum absolute atomic E-state index is 12.9. The molecule has 0 bridgehead atoms. The molecule has 0 aromatic heterocycles. The van der Waals surface area contributed by atoms with E-state index < -0.39 is 0 Å². The summed E-state index contributed by atoms with van der Waals surface area (Å²) >= 11 is 0. The molecule has 1 amide bonds. The predicted octanol–water partition coefficient (Wildman–Crippen LogP) is 4.95. The zero-order chi connectivity index (χ0) is 19.2. The lowest BCUT2D eigenvalue weighted by Gasteiger charge is -2.33. The van der Waals surface area contributed by atoms with Crippen LogP contribution in [0.25, 0.3) is 6.08 Å². The van der Waals surface area contributed by atoms with Crippen molar-refractivity contribution in [3.05, 3.63) is 71.6 Å². The van der Waals surface area contributed by atoms with Gasteiger partial charge in [-0.05, 0) is 67.2 Å². The van der Waals surface area contributed by atoms with Crippen LogP contribution in [0, 0.1) is 11.7 Å². The lowest BCUT2D eigenvalue weighted by Crippen LogP contribution is -2.34. The molecule has 0 spiro atoms. The van der Waals surface area contributed by atoms with Gasteiger partial charge in [-0.25, -0.2) is 4.39 Å². The molecule has 3 nitrogen and oxygen atoms in total. The Morgan fingerprint density at radius 3 is 2.56 bits per heavy atom. The van der Waals surface area contributed by atoms with Crippen LogP contribution in [0.15, 0.2) is 54.6 Å². The van der Waals surface area contributed by atoms with Crippen LogP contribution in [0.4, 0.5) is 10.1 Å². The second kappa shape index (κ2) is 8.85. The average molecular weight is 366 g/mol. The molecular formula is C23H27FN2O. The SMILES string of the molecule is C[C@H]1CCCN(c2ccc([C@@H](C)NC(=O)/C=C/c3ccc(F)cc3)cc2)C1. The number of hydrogen-bond donors (Lipinski definition) is 1. The Labute approximate surface area is 160 Å². The largest absolute Gasteiger partial charge is 0.371 e. The summed E-state index contributed by atoms with van der Waals surface area (Å²) in [5, 5.41) is 2.97. The molecule has 3 rings (SSSR count). The summed E-state index contributed by atoms with van der Waals surface area (Å²) in [5.41, 5.74) is 3.12. The van der Waals surface area contributed by atoms with Gasteiger partial charge in [0, 0.05) is 24.9 Å². The van der Waals surface area contributed by atoms with Crippen molar-refractivity contribution in [3.63, 3.8) is 0 Å². The van der Waals surface area contributed by atoms with Crippen molar-refractivity contribution in [2.75, 3.05) is 18.0 Å². The second-order valence-electron chi connectivity index (χ2n) is 7.40. The van der Waals surface area contributed by atoms with Crippen molar-refractivity contribution in [3.8, 4) is 0 Å². The molecule has 1 heterocycles. The molecule has 0 unspecified atom stereocenters. The number of rotatable bonds is 5. The number of nitrogens with one attached hydrogen (secondary N) is 1. The highest BCUT2D eigenvalue weighted by molar-refractivity contribution is 5.91. The van der Waals surface area contributed by atoms with E-state index in [2.05, 4.69) is 41.4 Å². The minimum absolute atomic E-state index is 0.0790. The maximum Gasteiger partial charge on any atom is 0.244 e. The highest BCUT2D eigenvalue weighted by Crippen LogP contribution is 2.24. The van der Waals surface area contributed by atoms with E-state index in [9.17, 15) is 9.18 Å². The minimum Gasteiger partial charge on any atom is -0.371 e. The Balaban J connectivity index is 1.56. The van der Waals surface area contributed by atoms with E-state index in [-0.39, 0.29) is 17.8 Å². The lowest BCUT2D eigenvalue weighted by atomic mass is 9.99. The van der Waals surface area contributed by atoms with Gasteiger partial charge in [-0.15, -0.1) is 0 Å². The van der Waals surface area contributed by atoms with Gasteiger partial charge in [-0.2, -0.15) is 0 Å². The monoisotopic (exact) mass is 366 g/mol. The van der Waals surface area contributed by atoms with Gasteiger partial charge in [0.15, 0.2) is 0 Å². The normalized spacial score (nSPS) is 18.5. The van der Waals surface area contributed by atoms with E-state index in [1.165, 1.54) is 36.7 Å². The smallest absolute Gasteiger partial charge is 0.244 e. The van der Waals surface area contributed by atoms with Gasteiger partial charge < -0.3 is 10.2 Å². The third-order valence-electron chi connectivity index (χ3n) is 5.07. The van der Waals surface area contributed by atoms with Gasteiger partial charge in [-0.3, -0.25) is 4.79 Å². The van der Waals surface area contributed by atoms with Crippen molar-refractivity contribution in [2.45, 2.75) is 32.7 Å². The summed E-state index contributed by atoms with van der Waals surface area (Å²) in [4.78, 5) is 14.6. The molecule has 142 valence electrons. The lowest BCUT2D eigenvalue weighted by molar-refractivity contribution is -0.117. The quantitative estimate of drug-likeness (QED) is 0.759. The van der Waals surface area contributed by atoms with Crippen LogP contribution >= 0.6 is 0 Å². The second-order valence-corrected chi connectivity index (χ2v) is 7.40. The fraction of sp³-hybridized carbons (Fsp3) is 0.348. The van der Waals surface area contributed by atoms with Crippen molar-refractivity contribution < 1.29 is 9.18 Å². The van der Waals surface area contributed by atoms with Crippen molar-refractivity contribution in [1.82, 2.24) is 5.32 Å². The fourth-order valence-electron chi connectivity index (χ4n) is 3.49. The number of hydrogen-bond acceptors (Lipinski definition) is 2. The molecule has 1 saturated heterocycles. The van der Waals surface area contributed by atoms with Crippen LogP contribution in [0.2, 0.25) is 0 Å². The van der Waals surface area contributed by atoms with Gasteiger partial charge in [0.25, 0.3) is 0 Å². The van der Waals surface area contributed by atoms with E-state index in [0.717, 1.165) is 30.1 Å². The van der Waals surface area contributed by atoms with Crippen LogP contribution in [-0.2, 0) is 4.79 Å². The molecule has 4 heteroatoms. The summed E-state index contributed by atoms with van der Waals surface area (Å²) in [6.45, 7) is 6.50. The van der Waals surface area contributed by atoms with E-state index >= 15 is 0 Å². The number of amides is 1. The number of anilines is 1. The maximum atomic E-state index is 12.9. The summed E-state index contributed by atoms with van der Waals surface area (Å²) in [7, 11) is 0. The first-order valence-electron chi connectivity index (χ1n) is 9.60. The number of benzene rings is 2. The standard InChI is InChI=1S/C23H27FN2O/c1-17-4-3-15-26(16-17)22-12-8-20(9-13-22)18(2)25-23(27)14-7-19-5-10-21(24)11-6-19/h5-14,17-18H,3-4,15-16H2,1-2H3,(H,25,27)/b14-7+/t17-,18+/m0/s1. The van der Waals surface area contributed by atoms with E-state index in [1.807, 2.05) is 6.92 Å². The van der Waals surface area contributed by atoms with Crippen LogP contribution in [0.1, 0.15) is 43.9 Å². The zero-order valence-corrected chi connectivity index (χ0v) is 16.0. The van der Waals surface area contributed by atoms with Gasteiger partial charge >= 0.3 is 0 Å². The third kappa shape index (κ3) is 5.43. The van der Waals surface area contributed by atoms with E-state index in [0.29, 0.717) is 0 Å². The summed E-state index contributed by atoms with van der Waals surface area (Å²) in [6.07, 6.45) is 5.72. The molecule has 27 heavy (non-hydrogen) atoms. The van der Waals surface area contributed by atoms with E-state index in [4.69, 9.17) is 0 Å². The Morgan fingerprint density at radius 2 is 1.89 bits per heavy atom. The van der Waals surface area contributed by atoms with Gasteiger partial charge in [0.1, 0.15) is 5.82 Å². The first-order chi connectivity index (χ1) is 13.0. The molecule has 2 aromatic rings. The summed E-state index contributed by atoms with van der Waals surface area (Å²) in [6, 6.07) is 14.4. The van der Waals surface area contributed by atoms with Gasteiger partial charge in [0.05, 0.1) is 6.04 Å². The Hall–Kier alpha value is -2.62. The third-order valence-corrected chi connectivity index (χ3v) is 5.07. The summed E-state index contributed by atoms with van der Waals surface area (Å²) in [5.74, 6) is 0.290. The van der Waals surface area contributed by atoms with Crippen LogP contribution in [0.3, 0.4) is 0 Å². The molecule has 2 atom stereocenters. The molecule has 1 aliphatic heterocycles. The number of halogens is 1. The Morgan fingerprint density at radius 1 is 1.19 bits per heavy atom. The van der Waals surface area contributed by atoms with Gasteiger partial charge in [0.2, 0.25) is 5.91 Å². The number of carbonyl (C=O) groups is 1. The highest BCUT2D eigenvalue weighted by atomic mass is 19.1. The van der Waals surface area contributed by atoms with Crippen LogP contribution < -0.4 is 10.2 Å². The number of carbonyl (C=O) groups excluding carboxylic acids is 1. The first kappa shape index (κ1) is 19.2. The molecule has 1 fully saturated rings. The van der Waals surface area contributed by atoms with Crippen molar-refractivity contribution in [1.29, 1.82) is 0 Å². The first-order valence-corrected chi connectivity index (χ1v) is 9.60. The molecule has 1 N–H and O–H groups in total. The van der Waals surface area contributed by atoms with Gasteiger partial charge in [-0.1, -0.05) is 31.2 Å². The molecule has 0 saturated carbocycles. The molecule has 0 radical (unpaired) electrons. The molecule has 2 aromatic carbocycles. The zero-order valence-electron chi connectivity index (χ0n) is 16.0. The summed E-state index contributed by atoms with van der Waals surface area (Å²) < 4.78 is 12.9. The topological polar surface area (TPSA) is 32.3 Å². The highest BCUT2D eigenvalue weighted by Gasteiger charge is 2.17. The van der Waals surface area contributed by atoms with Crippen LogP contribution in [-0.4, -0.2) is 19.0 Å². The Kier molecular flexibility index (Phi) is 6.28. The van der Waals surface area contributed by atoms with Crippen LogP contribution in [0.5, 0.6) is 0 Å². The number of nitrogens with zero attached hydrogens (tertiary/aromatic N) is 1. The average Bonchev–Trinajstić information content (AvgIpc) is 2.67. The van der Waals surface area contributed by atoms with E-state index in [1.54, 1.807) is 18.2 Å². The predicted molar refractivity (Wildman–Crippen MR) is 109 cm³/mol. The fourth-order valence-corrected chi connectivity index (χ4v) is 3.49. The Bertz CT molecular complexity index is 783.